The van der Waals surface area contributed by atoms with Crippen LogP contribution in [-0.2, 0) is 23.9 Å². The molecule has 202 valence electrons. The summed E-state index contributed by atoms with van der Waals surface area (Å²) in [6.07, 6.45) is 1.57. The van der Waals surface area contributed by atoms with Crippen LogP contribution in [0.3, 0.4) is 0 Å². The standard InChI is InChI=1S/C25H25F2N3O5S3/c1-25(2,3)35-22(33)12-29-21(32)11-28-20(31)6-7-30-23(34)19(38-24(30)36)10-16-8-15(13-37-16)14-4-5-17(26)18(27)9-14/h4-5,8-10,13H,6-7,11-12H2,1-3H3,(H,28,31)(H,29,32). The highest BCUT2D eigenvalue weighted by molar-refractivity contribution is 8.26. The lowest BCUT2D eigenvalue weighted by atomic mass is 10.1. The first kappa shape index (κ1) is 29.4. The number of hydrogen-bond donors (Lipinski definition) is 2. The molecule has 0 spiro atoms. The quantitative estimate of drug-likeness (QED) is 0.263. The summed E-state index contributed by atoms with van der Waals surface area (Å²) >= 11 is 7.71. The second kappa shape index (κ2) is 12.6. The molecule has 1 aliphatic rings. The molecule has 0 aliphatic carbocycles. The van der Waals surface area contributed by atoms with Crippen molar-refractivity contribution in [2.24, 2.45) is 0 Å². The van der Waals surface area contributed by atoms with E-state index in [1.165, 1.54) is 22.3 Å². The Morgan fingerprint density at radius 1 is 1.05 bits per heavy atom. The monoisotopic (exact) mass is 581 g/mol. The molecule has 1 aliphatic heterocycles. The first-order valence-corrected chi connectivity index (χ1v) is 13.5. The van der Waals surface area contributed by atoms with Crippen LogP contribution in [0.25, 0.3) is 17.2 Å². The van der Waals surface area contributed by atoms with Crippen LogP contribution >= 0.6 is 35.3 Å². The lowest BCUT2D eigenvalue weighted by Gasteiger charge is -2.19. The maximum Gasteiger partial charge on any atom is 0.325 e. The average Bonchev–Trinajstić information content (AvgIpc) is 3.40. The van der Waals surface area contributed by atoms with E-state index >= 15 is 0 Å². The van der Waals surface area contributed by atoms with Crippen LogP contribution in [0.5, 0.6) is 0 Å². The zero-order chi connectivity index (χ0) is 28.0. The summed E-state index contributed by atoms with van der Waals surface area (Å²) in [5.74, 6) is -3.85. The van der Waals surface area contributed by atoms with Gasteiger partial charge in [-0.15, -0.1) is 11.3 Å². The molecule has 0 radical (unpaired) electrons. The van der Waals surface area contributed by atoms with Gasteiger partial charge in [0.1, 0.15) is 16.5 Å². The molecule has 3 rings (SSSR count). The molecule has 2 heterocycles. The number of thiophene rings is 1. The summed E-state index contributed by atoms with van der Waals surface area (Å²) in [7, 11) is 0. The van der Waals surface area contributed by atoms with Gasteiger partial charge in [0.15, 0.2) is 11.6 Å². The second-order valence-electron chi connectivity index (χ2n) is 9.09. The minimum absolute atomic E-state index is 0.0257. The largest absolute Gasteiger partial charge is 0.459 e. The Hall–Kier alpha value is -3.16. The molecule has 2 N–H and O–H groups in total. The van der Waals surface area contributed by atoms with Crippen LogP contribution in [-0.4, -0.2) is 58.1 Å². The predicted molar refractivity (Wildman–Crippen MR) is 146 cm³/mol. The van der Waals surface area contributed by atoms with Crippen LogP contribution in [0.1, 0.15) is 32.1 Å². The van der Waals surface area contributed by atoms with E-state index in [9.17, 15) is 28.0 Å². The number of amides is 3. The third kappa shape index (κ3) is 8.43. The van der Waals surface area contributed by atoms with Gasteiger partial charge in [-0.3, -0.25) is 24.1 Å². The van der Waals surface area contributed by atoms with Crippen molar-refractivity contribution in [3.63, 3.8) is 0 Å². The number of ether oxygens (including phenoxy) is 1. The van der Waals surface area contributed by atoms with Gasteiger partial charge in [-0.05, 0) is 61.6 Å². The first-order chi connectivity index (χ1) is 17.8. The highest BCUT2D eigenvalue weighted by Crippen LogP contribution is 2.35. The minimum atomic E-state index is -0.943. The first-order valence-electron chi connectivity index (χ1n) is 11.4. The molecular formula is C25H25F2N3O5S3. The summed E-state index contributed by atoms with van der Waals surface area (Å²) in [6.45, 7) is 4.49. The van der Waals surface area contributed by atoms with Gasteiger partial charge in [-0.2, -0.15) is 0 Å². The summed E-state index contributed by atoms with van der Waals surface area (Å²) < 4.78 is 32.1. The van der Waals surface area contributed by atoms with Gasteiger partial charge in [-0.1, -0.05) is 30.0 Å². The van der Waals surface area contributed by atoms with E-state index in [4.69, 9.17) is 17.0 Å². The number of thioether (sulfide) groups is 1. The van der Waals surface area contributed by atoms with Crippen molar-refractivity contribution in [3.05, 3.63) is 51.1 Å². The minimum Gasteiger partial charge on any atom is -0.459 e. The fourth-order valence-corrected chi connectivity index (χ4v) is 5.39. The normalized spacial score (nSPS) is 14.7. The fourth-order valence-electron chi connectivity index (χ4n) is 3.17. The SMILES string of the molecule is CC(C)(C)OC(=O)CNC(=O)CNC(=O)CCN1C(=O)C(=Cc2cc(-c3ccc(F)c(F)c3)cs2)SC1=S. The molecule has 1 aromatic heterocycles. The number of benzene rings is 1. The summed E-state index contributed by atoms with van der Waals surface area (Å²) in [6, 6.07) is 5.39. The number of carbonyl (C=O) groups excluding carboxylic acids is 4. The summed E-state index contributed by atoms with van der Waals surface area (Å²) in [5, 5.41) is 6.56. The van der Waals surface area contributed by atoms with E-state index in [2.05, 4.69) is 10.6 Å². The van der Waals surface area contributed by atoms with Crippen molar-refractivity contribution in [3.8, 4) is 11.1 Å². The Labute approximate surface area is 231 Å². The molecule has 1 saturated heterocycles. The van der Waals surface area contributed by atoms with Crippen LogP contribution in [0.2, 0.25) is 0 Å². The molecule has 3 amide bonds. The van der Waals surface area contributed by atoms with Crippen molar-refractivity contribution in [1.29, 1.82) is 0 Å². The van der Waals surface area contributed by atoms with Gasteiger partial charge in [0.05, 0.1) is 11.4 Å². The van der Waals surface area contributed by atoms with Gasteiger partial charge in [0, 0.05) is 17.8 Å². The van der Waals surface area contributed by atoms with Crippen molar-refractivity contribution < 1.29 is 32.7 Å². The number of thiocarbonyl (C=S) groups is 1. The van der Waals surface area contributed by atoms with Gasteiger partial charge < -0.3 is 15.4 Å². The Morgan fingerprint density at radius 3 is 2.45 bits per heavy atom. The van der Waals surface area contributed by atoms with E-state index in [1.807, 2.05) is 0 Å². The summed E-state index contributed by atoms with van der Waals surface area (Å²) in [5.41, 5.74) is 0.522. The van der Waals surface area contributed by atoms with Gasteiger partial charge in [0.2, 0.25) is 11.8 Å². The molecule has 1 fully saturated rings. The van der Waals surface area contributed by atoms with Crippen molar-refractivity contribution in [2.75, 3.05) is 19.6 Å². The van der Waals surface area contributed by atoms with E-state index < -0.39 is 35.0 Å². The number of nitrogens with one attached hydrogen (secondary N) is 2. The van der Waals surface area contributed by atoms with Crippen LogP contribution in [0.4, 0.5) is 8.78 Å². The third-order valence-electron chi connectivity index (χ3n) is 4.88. The molecular weight excluding hydrogens is 556 g/mol. The van der Waals surface area contributed by atoms with E-state index in [1.54, 1.807) is 38.3 Å². The van der Waals surface area contributed by atoms with Gasteiger partial charge in [-0.25, -0.2) is 8.78 Å². The Balaban J connectivity index is 1.48. The van der Waals surface area contributed by atoms with E-state index in [0.29, 0.717) is 20.4 Å². The van der Waals surface area contributed by atoms with E-state index in [0.717, 1.165) is 28.8 Å². The number of hydrogen-bond acceptors (Lipinski definition) is 8. The number of halogens is 2. The molecule has 38 heavy (non-hydrogen) atoms. The van der Waals surface area contributed by atoms with Crippen molar-refractivity contribution >= 4 is 69.4 Å². The Bertz CT molecular complexity index is 1300. The Kier molecular flexibility index (Phi) is 9.74. The average molecular weight is 582 g/mol. The van der Waals surface area contributed by atoms with Crippen LogP contribution in [0, 0.1) is 11.6 Å². The third-order valence-corrected chi connectivity index (χ3v) is 7.14. The molecule has 2 aromatic rings. The maximum absolute atomic E-state index is 13.5. The topological polar surface area (TPSA) is 105 Å². The Morgan fingerprint density at radius 2 is 1.76 bits per heavy atom. The van der Waals surface area contributed by atoms with Gasteiger partial charge in [0.25, 0.3) is 5.91 Å². The molecule has 0 atom stereocenters. The molecule has 13 heteroatoms. The van der Waals surface area contributed by atoms with Crippen LogP contribution < -0.4 is 10.6 Å². The van der Waals surface area contributed by atoms with Crippen LogP contribution in [0.15, 0.2) is 34.6 Å². The molecule has 0 saturated carbocycles. The molecule has 1 aromatic carbocycles. The molecule has 0 bridgehead atoms. The highest BCUT2D eigenvalue weighted by Gasteiger charge is 2.32. The number of carbonyl (C=O) groups is 4. The van der Waals surface area contributed by atoms with Crippen molar-refractivity contribution in [2.45, 2.75) is 32.8 Å². The summed E-state index contributed by atoms with van der Waals surface area (Å²) in [4.78, 5) is 50.9. The van der Waals surface area contributed by atoms with Crippen molar-refractivity contribution in [1.82, 2.24) is 15.5 Å². The van der Waals surface area contributed by atoms with E-state index in [-0.39, 0.29) is 32.0 Å². The number of esters is 1. The molecule has 8 nitrogen and oxygen atoms in total. The second-order valence-corrected chi connectivity index (χ2v) is 11.7. The predicted octanol–water partition coefficient (Wildman–Crippen LogP) is 3.86. The number of rotatable bonds is 9. The number of nitrogens with zero attached hydrogens (tertiary/aromatic N) is 1. The lowest BCUT2D eigenvalue weighted by molar-refractivity contribution is -0.154. The zero-order valence-electron chi connectivity index (χ0n) is 20.8. The fraction of sp³-hybridized carbons (Fsp3) is 0.320. The molecule has 0 unspecified atom stereocenters. The maximum atomic E-state index is 13.5. The lowest BCUT2D eigenvalue weighted by Crippen LogP contribution is -2.41. The highest BCUT2D eigenvalue weighted by atomic mass is 32.2. The smallest absolute Gasteiger partial charge is 0.325 e. The zero-order valence-corrected chi connectivity index (χ0v) is 23.2. The van der Waals surface area contributed by atoms with Gasteiger partial charge >= 0.3 is 5.97 Å².